The second kappa shape index (κ2) is 5.52. The molecule has 2 N–H and O–H groups in total. The molecule has 6 heteroatoms. The van der Waals surface area contributed by atoms with E-state index in [9.17, 15) is 0 Å². The number of ether oxygens (including phenoxy) is 1. The summed E-state index contributed by atoms with van der Waals surface area (Å²) in [5, 5.41) is 0. The minimum atomic E-state index is 0.558. The molecule has 0 unspecified atom stereocenters. The number of imidazole rings is 1. The van der Waals surface area contributed by atoms with Crippen molar-refractivity contribution < 1.29 is 4.74 Å². The van der Waals surface area contributed by atoms with E-state index in [1.165, 1.54) is 0 Å². The molecule has 0 radical (unpaired) electrons. The van der Waals surface area contributed by atoms with Crippen molar-refractivity contribution in [2.24, 2.45) is 5.73 Å². The van der Waals surface area contributed by atoms with Crippen LogP contribution in [0, 0.1) is 0 Å². The number of methoxy groups -OCH3 is 1. The number of hydrogen-bond donors (Lipinski definition) is 1. The second-order valence-corrected chi connectivity index (χ2v) is 4.57. The van der Waals surface area contributed by atoms with Gasteiger partial charge >= 0.3 is 0 Å². The van der Waals surface area contributed by atoms with Crippen molar-refractivity contribution in [2.45, 2.75) is 13.0 Å². The first-order valence-corrected chi connectivity index (χ1v) is 6.63. The van der Waals surface area contributed by atoms with Crippen molar-refractivity contribution in [3.63, 3.8) is 0 Å². The quantitative estimate of drug-likeness (QED) is 0.752. The lowest BCUT2D eigenvalue weighted by Crippen LogP contribution is -2.14. The Balaban J connectivity index is 2.26. The Hall–Kier alpha value is -2.05. The summed E-state index contributed by atoms with van der Waals surface area (Å²) < 4.78 is 7.28. The molecule has 6 nitrogen and oxygen atoms in total. The lowest BCUT2D eigenvalue weighted by molar-refractivity contribution is 0.199. The van der Waals surface area contributed by atoms with Crippen molar-refractivity contribution in [1.82, 2.24) is 19.5 Å². The highest BCUT2D eigenvalue weighted by Gasteiger charge is 2.14. The summed E-state index contributed by atoms with van der Waals surface area (Å²) in [4.78, 5) is 13.5. The van der Waals surface area contributed by atoms with Crippen LogP contribution in [0.2, 0.25) is 0 Å². The highest BCUT2D eigenvalue weighted by atomic mass is 16.5. The average Bonchev–Trinajstić information content (AvgIpc) is 2.84. The van der Waals surface area contributed by atoms with Gasteiger partial charge < -0.3 is 15.0 Å². The summed E-state index contributed by atoms with van der Waals surface area (Å²) >= 11 is 0. The molecule has 0 fully saturated rings. The van der Waals surface area contributed by atoms with Crippen molar-refractivity contribution >= 4 is 22.1 Å². The Morgan fingerprint density at radius 2 is 2.20 bits per heavy atom. The van der Waals surface area contributed by atoms with Gasteiger partial charge in [-0.25, -0.2) is 4.98 Å². The molecule has 0 aromatic carbocycles. The third-order valence-electron chi connectivity index (χ3n) is 3.29. The average molecular weight is 271 g/mol. The van der Waals surface area contributed by atoms with Gasteiger partial charge in [-0.15, -0.1) is 0 Å². The number of pyridine rings is 2. The van der Waals surface area contributed by atoms with Gasteiger partial charge in [-0.2, -0.15) is 0 Å². The SMILES string of the molecule is COCCc1nc2cnc3cccnc3c2n1CCN. The van der Waals surface area contributed by atoms with Crippen LogP contribution in [-0.2, 0) is 17.7 Å². The first-order valence-electron chi connectivity index (χ1n) is 6.63. The number of hydrogen-bond acceptors (Lipinski definition) is 5. The number of aromatic nitrogens is 4. The van der Waals surface area contributed by atoms with E-state index in [0.717, 1.165) is 34.3 Å². The van der Waals surface area contributed by atoms with Crippen LogP contribution in [0.15, 0.2) is 24.5 Å². The van der Waals surface area contributed by atoms with Gasteiger partial charge in [-0.1, -0.05) is 0 Å². The van der Waals surface area contributed by atoms with E-state index in [4.69, 9.17) is 10.5 Å². The molecule has 0 saturated carbocycles. The van der Waals surface area contributed by atoms with E-state index in [1.807, 2.05) is 12.1 Å². The fraction of sp³-hybridized carbons (Fsp3) is 0.357. The standard InChI is InChI=1S/C14H17N5O/c1-20-8-4-12-18-11-9-17-10-3-2-6-16-13(10)14(11)19(12)7-5-15/h2-3,6,9H,4-5,7-8,15H2,1H3. The molecule has 0 amide bonds. The van der Waals surface area contributed by atoms with Crippen molar-refractivity contribution in [1.29, 1.82) is 0 Å². The summed E-state index contributed by atoms with van der Waals surface area (Å²) in [5.74, 6) is 0.965. The summed E-state index contributed by atoms with van der Waals surface area (Å²) in [5.41, 5.74) is 9.34. The molecule has 20 heavy (non-hydrogen) atoms. The number of nitrogens with zero attached hydrogens (tertiary/aromatic N) is 4. The van der Waals surface area contributed by atoms with Gasteiger partial charge in [-0.05, 0) is 12.1 Å². The maximum atomic E-state index is 5.74. The molecule has 0 aliphatic heterocycles. The highest BCUT2D eigenvalue weighted by molar-refractivity contribution is 5.99. The molecule has 3 heterocycles. The lowest BCUT2D eigenvalue weighted by Gasteiger charge is -2.08. The van der Waals surface area contributed by atoms with Crippen LogP contribution >= 0.6 is 0 Å². The highest BCUT2D eigenvalue weighted by Crippen LogP contribution is 2.23. The Morgan fingerprint density at radius 3 is 3.00 bits per heavy atom. The molecule has 3 rings (SSSR count). The molecule has 0 aliphatic rings. The number of nitrogens with two attached hydrogens (primary N) is 1. The molecular weight excluding hydrogens is 254 g/mol. The predicted molar refractivity (Wildman–Crippen MR) is 77.5 cm³/mol. The van der Waals surface area contributed by atoms with Gasteiger partial charge in [0.15, 0.2) is 0 Å². The maximum absolute atomic E-state index is 5.74. The van der Waals surface area contributed by atoms with E-state index in [0.29, 0.717) is 19.7 Å². The zero-order valence-corrected chi connectivity index (χ0v) is 11.4. The van der Waals surface area contributed by atoms with Crippen LogP contribution in [0.3, 0.4) is 0 Å². The van der Waals surface area contributed by atoms with E-state index in [2.05, 4.69) is 19.5 Å². The molecule has 3 aromatic heterocycles. The second-order valence-electron chi connectivity index (χ2n) is 4.57. The summed E-state index contributed by atoms with van der Waals surface area (Å²) in [6, 6.07) is 3.84. The summed E-state index contributed by atoms with van der Waals surface area (Å²) in [7, 11) is 1.69. The van der Waals surface area contributed by atoms with Crippen LogP contribution in [0.4, 0.5) is 0 Å². The monoisotopic (exact) mass is 271 g/mol. The fourth-order valence-corrected chi connectivity index (χ4v) is 2.43. The zero-order valence-electron chi connectivity index (χ0n) is 11.4. The third kappa shape index (κ3) is 2.13. The van der Waals surface area contributed by atoms with Crippen molar-refractivity contribution in [3.8, 4) is 0 Å². The first kappa shape index (κ1) is 13.0. The van der Waals surface area contributed by atoms with Gasteiger partial charge in [0.25, 0.3) is 0 Å². The lowest BCUT2D eigenvalue weighted by atomic mass is 10.3. The molecular formula is C14H17N5O. The fourth-order valence-electron chi connectivity index (χ4n) is 2.43. The van der Waals surface area contributed by atoms with Crippen molar-refractivity contribution in [2.75, 3.05) is 20.3 Å². The van der Waals surface area contributed by atoms with Crippen LogP contribution in [-0.4, -0.2) is 39.8 Å². The summed E-state index contributed by atoms with van der Waals surface area (Å²) in [6.07, 6.45) is 4.32. The zero-order chi connectivity index (χ0) is 13.9. The van der Waals surface area contributed by atoms with Gasteiger partial charge in [0.2, 0.25) is 0 Å². The molecule has 104 valence electrons. The maximum Gasteiger partial charge on any atom is 0.115 e. The largest absolute Gasteiger partial charge is 0.384 e. The smallest absolute Gasteiger partial charge is 0.115 e. The Morgan fingerprint density at radius 1 is 1.30 bits per heavy atom. The normalized spacial score (nSPS) is 11.5. The van der Waals surface area contributed by atoms with Gasteiger partial charge in [0, 0.05) is 32.8 Å². The number of fused-ring (bicyclic) bond motifs is 3. The van der Waals surface area contributed by atoms with Crippen molar-refractivity contribution in [3.05, 3.63) is 30.4 Å². The molecule has 0 saturated heterocycles. The molecule has 0 aliphatic carbocycles. The van der Waals surface area contributed by atoms with Crippen LogP contribution in [0.25, 0.3) is 22.1 Å². The Kier molecular flexibility index (Phi) is 3.58. The Bertz CT molecular complexity index is 737. The van der Waals surface area contributed by atoms with Gasteiger partial charge in [-0.3, -0.25) is 9.97 Å². The number of rotatable bonds is 5. The predicted octanol–water partition coefficient (Wildman–Crippen LogP) is 1.13. The Labute approximate surface area is 116 Å². The third-order valence-corrected chi connectivity index (χ3v) is 3.29. The van der Waals surface area contributed by atoms with E-state index >= 15 is 0 Å². The summed E-state index contributed by atoms with van der Waals surface area (Å²) in [6.45, 7) is 1.90. The molecule has 3 aromatic rings. The molecule has 0 bridgehead atoms. The van der Waals surface area contributed by atoms with Crippen LogP contribution < -0.4 is 5.73 Å². The minimum Gasteiger partial charge on any atom is -0.384 e. The van der Waals surface area contributed by atoms with Gasteiger partial charge in [0.1, 0.15) is 16.9 Å². The first-order chi connectivity index (χ1) is 9.85. The van der Waals surface area contributed by atoms with E-state index in [-0.39, 0.29) is 0 Å². The topological polar surface area (TPSA) is 78.9 Å². The van der Waals surface area contributed by atoms with Gasteiger partial charge in [0.05, 0.1) is 23.8 Å². The van der Waals surface area contributed by atoms with E-state index in [1.54, 1.807) is 19.5 Å². The van der Waals surface area contributed by atoms with E-state index < -0.39 is 0 Å². The minimum absolute atomic E-state index is 0.558. The van der Waals surface area contributed by atoms with Crippen LogP contribution in [0.5, 0.6) is 0 Å². The molecule has 0 spiro atoms. The van der Waals surface area contributed by atoms with Crippen LogP contribution in [0.1, 0.15) is 5.82 Å². The molecule has 0 atom stereocenters.